The van der Waals surface area contributed by atoms with Crippen molar-refractivity contribution in [2.75, 3.05) is 0 Å². The fourth-order valence-corrected chi connectivity index (χ4v) is 1.82. The van der Waals surface area contributed by atoms with Crippen molar-refractivity contribution < 1.29 is 9.90 Å². The number of rotatable bonds is 2. The van der Waals surface area contributed by atoms with Gasteiger partial charge in [-0.05, 0) is 24.1 Å². The van der Waals surface area contributed by atoms with Gasteiger partial charge >= 0.3 is 5.97 Å². The lowest BCUT2D eigenvalue weighted by atomic mass is 9.91. The van der Waals surface area contributed by atoms with Crippen molar-refractivity contribution >= 4 is 21.9 Å². The Balaban J connectivity index is 2.00. The highest BCUT2D eigenvalue weighted by Gasteiger charge is 2.34. The molecule has 74 valence electrons. The van der Waals surface area contributed by atoms with Gasteiger partial charge in [0.25, 0.3) is 0 Å². The number of hydrogen-bond donors (Lipinski definition) is 2. The first-order valence-electron chi connectivity index (χ1n) is 4.41. The average molecular weight is 256 g/mol. The third-order valence-electron chi connectivity index (χ3n) is 2.44. The van der Waals surface area contributed by atoms with E-state index in [-0.39, 0.29) is 12.1 Å². The van der Waals surface area contributed by atoms with Crippen LogP contribution in [0.25, 0.3) is 0 Å². The second-order valence-electron chi connectivity index (χ2n) is 3.40. The molecule has 1 saturated heterocycles. The first kappa shape index (κ1) is 9.68. The van der Waals surface area contributed by atoms with Crippen LogP contribution < -0.4 is 5.32 Å². The van der Waals surface area contributed by atoms with Gasteiger partial charge in [-0.3, -0.25) is 10.1 Å². The molecule has 0 radical (unpaired) electrons. The largest absolute Gasteiger partial charge is 0.480 e. The number of hydrogen-bond acceptors (Lipinski definition) is 2. The van der Waals surface area contributed by atoms with Crippen LogP contribution in [0.1, 0.15) is 18.0 Å². The van der Waals surface area contributed by atoms with Gasteiger partial charge in [0, 0.05) is 10.5 Å². The maximum absolute atomic E-state index is 10.5. The molecule has 1 fully saturated rings. The monoisotopic (exact) mass is 255 g/mol. The Kier molecular flexibility index (Phi) is 2.56. The molecule has 2 rings (SSSR count). The van der Waals surface area contributed by atoms with Crippen LogP contribution in [0.15, 0.2) is 28.7 Å². The zero-order valence-electron chi connectivity index (χ0n) is 7.40. The minimum atomic E-state index is -0.765. The molecule has 0 aliphatic carbocycles. The van der Waals surface area contributed by atoms with Crippen LogP contribution in [-0.4, -0.2) is 17.1 Å². The predicted molar refractivity (Wildman–Crippen MR) is 56.1 cm³/mol. The van der Waals surface area contributed by atoms with Crippen LogP contribution in [0.2, 0.25) is 0 Å². The normalized spacial score (nSPS) is 25.5. The van der Waals surface area contributed by atoms with E-state index in [0.29, 0.717) is 6.42 Å². The van der Waals surface area contributed by atoms with E-state index in [0.717, 1.165) is 10.0 Å². The van der Waals surface area contributed by atoms with Crippen molar-refractivity contribution in [3.63, 3.8) is 0 Å². The summed E-state index contributed by atoms with van der Waals surface area (Å²) in [4.78, 5) is 10.5. The highest BCUT2D eigenvalue weighted by Crippen LogP contribution is 2.28. The van der Waals surface area contributed by atoms with Gasteiger partial charge in [0.15, 0.2) is 0 Å². The summed E-state index contributed by atoms with van der Waals surface area (Å²) in [5, 5.41) is 11.7. The molecule has 1 heterocycles. The molecule has 0 amide bonds. The first-order chi connectivity index (χ1) is 6.66. The zero-order valence-corrected chi connectivity index (χ0v) is 8.99. The van der Waals surface area contributed by atoms with Crippen LogP contribution in [0.4, 0.5) is 0 Å². The molecule has 14 heavy (non-hydrogen) atoms. The molecule has 4 heteroatoms. The van der Waals surface area contributed by atoms with Crippen LogP contribution in [0, 0.1) is 0 Å². The SMILES string of the molecule is O=C(O)C1CC(c2ccc(Br)cc2)N1. The number of carboxylic acid groups (broad SMARTS) is 1. The molecule has 0 saturated carbocycles. The van der Waals surface area contributed by atoms with E-state index >= 15 is 0 Å². The van der Waals surface area contributed by atoms with E-state index in [1.165, 1.54) is 0 Å². The number of carbonyl (C=O) groups is 1. The number of benzene rings is 1. The summed E-state index contributed by atoms with van der Waals surface area (Å²) in [5.74, 6) is -0.765. The van der Waals surface area contributed by atoms with E-state index in [9.17, 15) is 4.79 Å². The summed E-state index contributed by atoms with van der Waals surface area (Å²) in [7, 11) is 0. The summed E-state index contributed by atoms with van der Waals surface area (Å²) in [5.41, 5.74) is 1.14. The molecular weight excluding hydrogens is 246 g/mol. The number of nitrogens with one attached hydrogen (secondary N) is 1. The third kappa shape index (κ3) is 1.81. The van der Waals surface area contributed by atoms with E-state index in [1.807, 2.05) is 24.3 Å². The van der Waals surface area contributed by atoms with E-state index < -0.39 is 5.97 Å². The van der Waals surface area contributed by atoms with Crippen LogP contribution in [0.3, 0.4) is 0 Å². The van der Waals surface area contributed by atoms with Gasteiger partial charge < -0.3 is 5.11 Å². The molecule has 3 nitrogen and oxygen atoms in total. The maximum atomic E-state index is 10.5. The smallest absolute Gasteiger partial charge is 0.320 e. The van der Waals surface area contributed by atoms with Crippen molar-refractivity contribution in [3.05, 3.63) is 34.3 Å². The molecule has 2 atom stereocenters. The fraction of sp³-hybridized carbons (Fsp3) is 0.300. The van der Waals surface area contributed by atoms with Crippen LogP contribution in [0.5, 0.6) is 0 Å². The van der Waals surface area contributed by atoms with Gasteiger partial charge in [-0.15, -0.1) is 0 Å². The fourth-order valence-electron chi connectivity index (χ4n) is 1.55. The summed E-state index contributed by atoms with van der Waals surface area (Å²) in [6.07, 6.45) is 0.678. The standard InChI is InChI=1S/C10H10BrNO2/c11-7-3-1-6(2-4-7)8-5-9(12-8)10(13)14/h1-4,8-9,12H,5H2,(H,13,14). The Morgan fingerprint density at radius 1 is 1.43 bits per heavy atom. The summed E-state index contributed by atoms with van der Waals surface area (Å²) in [6.45, 7) is 0. The lowest BCUT2D eigenvalue weighted by molar-refractivity contribution is -0.142. The Morgan fingerprint density at radius 2 is 2.00 bits per heavy atom. The Hall–Kier alpha value is -0.870. The van der Waals surface area contributed by atoms with E-state index in [1.54, 1.807) is 0 Å². The third-order valence-corrected chi connectivity index (χ3v) is 2.97. The van der Waals surface area contributed by atoms with Gasteiger partial charge in [0.05, 0.1) is 0 Å². The summed E-state index contributed by atoms with van der Waals surface area (Å²) < 4.78 is 1.04. The second-order valence-corrected chi connectivity index (χ2v) is 4.31. The molecule has 2 N–H and O–H groups in total. The molecule has 1 aliphatic rings. The van der Waals surface area contributed by atoms with Crippen LogP contribution in [-0.2, 0) is 4.79 Å². The maximum Gasteiger partial charge on any atom is 0.320 e. The average Bonchev–Trinajstić information content (AvgIpc) is 2.05. The minimum Gasteiger partial charge on any atom is -0.480 e. The molecule has 0 bridgehead atoms. The lowest BCUT2D eigenvalue weighted by Gasteiger charge is -2.34. The second kappa shape index (κ2) is 3.71. The molecular formula is C10H10BrNO2. The number of carboxylic acids is 1. The Labute approximate surface area is 90.3 Å². The summed E-state index contributed by atoms with van der Waals surface area (Å²) in [6, 6.07) is 7.75. The minimum absolute atomic E-state index is 0.198. The first-order valence-corrected chi connectivity index (χ1v) is 5.20. The van der Waals surface area contributed by atoms with Crippen molar-refractivity contribution in [2.24, 2.45) is 0 Å². The molecule has 1 aromatic rings. The van der Waals surface area contributed by atoms with Gasteiger partial charge in [-0.25, -0.2) is 0 Å². The van der Waals surface area contributed by atoms with Gasteiger partial charge in [-0.2, -0.15) is 0 Å². The van der Waals surface area contributed by atoms with E-state index in [4.69, 9.17) is 5.11 Å². The van der Waals surface area contributed by atoms with E-state index in [2.05, 4.69) is 21.2 Å². The van der Waals surface area contributed by atoms with Crippen molar-refractivity contribution in [2.45, 2.75) is 18.5 Å². The topological polar surface area (TPSA) is 49.3 Å². The number of halogens is 1. The number of aliphatic carboxylic acids is 1. The molecule has 1 aromatic carbocycles. The molecule has 2 unspecified atom stereocenters. The van der Waals surface area contributed by atoms with Gasteiger partial charge in [0.1, 0.15) is 6.04 Å². The van der Waals surface area contributed by atoms with Crippen molar-refractivity contribution in [1.29, 1.82) is 0 Å². The van der Waals surface area contributed by atoms with Crippen molar-refractivity contribution in [3.8, 4) is 0 Å². The van der Waals surface area contributed by atoms with Crippen molar-refractivity contribution in [1.82, 2.24) is 5.32 Å². The highest BCUT2D eigenvalue weighted by atomic mass is 79.9. The molecule has 0 spiro atoms. The van der Waals surface area contributed by atoms with Gasteiger partial charge in [-0.1, -0.05) is 28.1 Å². The van der Waals surface area contributed by atoms with Crippen LogP contribution >= 0.6 is 15.9 Å². The Morgan fingerprint density at radius 3 is 2.50 bits per heavy atom. The highest BCUT2D eigenvalue weighted by molar-refractivity contribution is 9.10. The quantitative estimate of drug-likeness (QED) is 0.850. The van der Waals surface area contributed by atoms with Gasteiger partial charge in [0.2, 0.25) is 0 Å². The predicted octanol–water partition coefficient (Wildman–Crippen LogP) is 1.94. The Bertz CT molecular complexity index is 344. The molecule has 0 aromatic heterocycles. The summed E-state index contributed by atoms with van der Waals surface area (Å²) >= 11 is 3.36. The zero-order chi connectivity index (χ0) is 10.1. The molecule has 1 aliphatic heterocycles. The lowest BCUT2D eigenvalue weighted by Crippen LogP contribution is -2.50.